The third kappa shape index (κ3) is 0.864. The van der Waals surface area contributed by atoms with Crippen molar-refractivity contribution in [2.45, 2.75) is 24.8 Å². The van der Waals surface area contributed by atoms with E-state index in [4.69, 9.17) is 4.74 Å². The normalized spacial score (nSPS) is 42.7. The maximum Gasteiger partial charge on any atom is 0.0649 e. The van der Waals surface area contributed by atoms with E-state index in [1.165, 1.54) is 25.8 Å². The van der Waals surface area contributed by atoms with E-state index in [9.17, 15) is 0 Å². The Bertz CT molecular complexity index is 84.0. The lowest BCUT2D eigenvalue weighted by molar-refractivity contribution is 0.173. The van der Waals surface area contributed by atoms with Crippen LogP contribution in [0.25, 0.3) is 0 Å². The zero-order valence-electron chi connectivity index (χ0n) is 5.65. The van der Waals surface area contributed by atoms with Gasteiger partial charge in [0.2, 0.25) is 0 Å². The molecule has 2 rings (SSSR count). The average Bonchev–Trinajstić information content (AvgIpc) is 2.45. The molecule has 0 aromatic carbocycles. The molecule has 0 radical (unpaired) electrons. The Morgan fingerprint density at radius 3 is 2.89 bits per heavy atom. The van der Waals surface area contributed by atoms with Crippen molar-refractivity contribution in [1.29, 1.82) is 0 Å². The van der Waals surface area contributed by atoms with E-state index >= 15 is 0 Å². The smallest absolute Gasteiger partial charge is 0.0649 e. The summed E-state index contributed by atoms with van der Waals surface area (Å²) in [5.41, 5.74) is 0.417. The first-order valence-electron chi connectivity index (χ1n) is 3.74. The molecule has 2 heteroatoms. The summed E-state index contributed by atoms with van der Waals surface area (Å²) in [6, 6.07) is 0. The third-order valence-electron chi connectivity index (χ3n) is 2.44. The molecular weight excluding hydrogens is 114 g/mol. The van der Waals surface area contributed by atoms with Crippen LogP contribution in [0.2, 0.25) is 0 Å². The fourth-order valence-corrected chi connectivity index (χ4v) is 1.81. The Morgan fingerprint density at radius 1 is 1.33 bits per heavy atom. The molecule has 1 atom stereocenters. The fraction of sp³-hybridized carbons (Fsp3) is 1.00. The molecule has 0 amide bonds. The lowest BCUT2D eigenvalue weighted by atomic mass is 9.97. The average molecular weight is 127 g/mol. The van der Waals surface area contributed by atoms with Crippen molar-refractivity contribution >= 4 is 0 Å². The first-order valence-corrected chi connectivity index (χ1v) is 3.74. The van der Waals surface area contributed by atoms with Crippen molar-refractivity contribution < 1.29 is 4.74 Å². The molecule has 1 spiro atoms. The summed E-state index contributed by atoms with van der Waals surface area (Å²) in [7, 11) is 0. The highest BCUT2D eigenvalue weighted by Gasteiger charge is 2.36. The van der Waals surface area contributed by atoms with Gasteiger partial charge < -0.3 is 10.1 Å². The van der Waals surface area contributed by atoms with E-state index in [0.717, 1.165) is 13.2 Å². The highest BCUT2D eigenvalue weighted by Crippen LogP contribution is 2.27. The Balaban J connectivity index is 2.04. The zero-order chi connectivity index (χ0) is 6.16. The van der Waals surface area contributed by atoms with E-state index in [1.807, 2.05) is 0 Å². The minimum Gasteiger partial charge on any atom is -0.379 e. The molecule has 9 heavy (non-hydrogen) atoms. The molecule has 0 aliphatic carbocycles. The van der Waals surface area contributed by atoms with Crippen LogP contribution in [0.15, 0.2) is 0 Å². The summed E-state index contributed by atoms with van der Waals surface area (Å²) in [5.74, 6) is 0. The molecule has 2 aliphatic rings. The van der Waals surface area contributed by atoms with E-state index < -0.39 is 0 Å². The van der Waals surface area contributed by atoms with Crippen molar-refractivity contribution in [2.75, 3.05) is 19.8 Å². The first-order chi connectivity index (χ1) is 4.41. The lowest BCUT2D eigenvalue weighted by Crippen LogP contribution is -2.39. The molecule has 2 aliphatic heterocycles. The second-order valence-electron chi connectivity index (χ2n) is 3.11. The van der Waals surface area contributed by atoms with Crippen LogP contribution < -0.4 is 5.32 Å². The van der Waals surface area contributed by atoms with Crippen LogP contribution in [0, 0.1) is 0 Å². The molecule has 0 aromatic heterocycles. The Kier molecular flexibility index (Phi) is 1.24. The van der Waals surface area contributed by atoms with Crippen LogP contribution in [-0.4, -0.2) is 25.3 Å². The molecular formula is C7H13NO. The van der Waals surface area contributed by atoms with Crippen molar-refractivity contribution in [3.63, 3.8) is 0 Å². The van der Waals surface area contributed by atoms with Crippen molar-refractivity contribution in [3.8, 4) is 0 Å². The van der Waals surface area contributed by atoms with E-state index in [-0.39, 0.29) is 0 Å². The third-order valence-corrected chi connectivity index (χ3v) is 2.44. The standard InChI is InChI=1S/C7H13NO/c1-2-7(8-4-1)3-5-9-6-7/h8H,1-6H2. The Morgan fingerprint density at radius 2 is 2.33 bits per heavy atom. The van der Waals surface area contributed by atoms with Gasteiger partial charge in [0.25, 0.3) is 0 Å². The van der Waals surface area contributed by atoms with Crippen molar-refractivity contribution in [3.05, 3.63) is 0 Å². The highest BCUT2D eigenvalue weighted by molar-refractivity contribution is 4.95. The largest absolute Gasteiger partial charge is 0.379 e. The number of ether oxygens (including phenoxy) is 1. The van der Waals surface area contributed by atoms with Gasteiger partial charge in [0, 0.05) is 12.1 Å². The first kappa shape index (κ1) is 5.69. The van der Waals surface area contributed by atoms with Crippen LogP contribution in [-0.2, 0) is 4.74 Å². The lowest BCUT2D eigenvalue weighted by Gasteiger charge is -2.19. The van der Waals surface area contributed by atoms with Gasteiger partial charge in [-0.15, -0.1) is 0 Å². The molecule has 52 valence electrons. The quantitative estimate of drug-likeness (QED) is 0.512. The van der Waals surface area contributed by atoms with Gasteiger partial charge in [-0.1, -0.05) is 0 Å². The molecule has 0 saturated carbocycles. The minimum absolute atomic E-state index is 0.417. The topological polar surface area (TPSA) is 21.3 Å². The van der Waals surface area contributed by atoms with Gasteiger partial charge >= 0.3 is 0 Å². The summed E-state index contributed by atoms with van der Waals surface area (Å²) in [4.78, 5) is 0. The predicted octanol–water partition coefficient (Wildman–Crippen LogP) is 0.529. The molecule has 2 heterocycles. The molecule has 2 nitrogen and oxygen atoms in total. The second-order valence-corrected chi connectivity index (χ2v) is 3.11. The monoisotopic (exact) mass is 127 g/mol. The van der Waals surface area contributed by atoms with E-state index in [0.29, 0.717) is 5.54 Å². The van der Waals surface area contributed by atoms with Gasteiger partial charge in [-0.25, -0.2) is 0 Å². The van der Waals surface area contributed by atoms with Gasteiger partial charge in [-0.3, -0.25) is 0 Å². The summed E-state index contributed by atoms with van der Waals surface area (Å²) < 4.78 is 5.32. The SMILES string of the molecule is C1CNC2(C1)CCOC2. The molecule has 2 saturated heterocycles. The highest BCUT2D eigenvalue weighted by atomic mass is 16.5. The summed E-state index contributed by atoms with van der Waals surface area (Å²) >= 11 is 0. The molecule has 0 bridgehead atoms. The van der Waals surface area contributed by atoms with Gasteiger partial charge in [0.05, 0.1) is 6.61 Å². The predicted molar refractivity (Wildman–Crippen MR) is 35.4 cm³/mol. The summed E-state index contributed by atoms with van der Waals surface area (Å²) in [5, 5.41) is 3.51. The number of hydrogen-bond acceptors (Lipinski definition) is 2. The van der Waals surface area contributed by atoms with Crippen LogP contribution in [0.4, 0.5) is 0 Å². The van der Waals surface area contributed by atoms with Gasteiger partial charge in [-0.05, 0) is 25.8 Å². The minimum atomic E-state index is 0.417. The summed E-state index contributed by atoms with van der Waals surface area (Å²) in [6.45, 7) is 3.11. The fourth-order valence-electron chi connectivity index (χ4n) is 1.81. The summed E-state index contributed by atoms with van der Waals surface area (Å²) in [6.07, 6.45) is 3.89. The molecule has 2 fully saturated rings. The maximum atomic E-state index is 5.32. The van der Waals surface area contributed by atoms with Gasteiger partial charge in [-0.2, -0.15) is 0 Å². The molecule has 1 N–H and O–H groups in total. The number of rotatable bonds is 0. The van der Waals surface area contributed by atoms with Gasteiger partial charge in [0.15, 0.2) is 0 Å². The van der Waals surface area contributed by atoms with Crippen molar-refractivity contribution in [1.82, 2.24) is 5.32 Å². The zero-order valence-corrected chi connectivity index (χ0v) is 5.65. The molecule has 0 aromatic rings. The van der Waals surface area contributed by atoms with Gasteiger partial charge in [0.1, 0.15) is 0 Å². The van der Waals surface area contributed by atoms with Crippen LogP contribution in [0.1, 0.15) is 19.3 Å². The Labute approximate surface area is 55.6 Å². The number of hydrogen-bond donors (Lipinski definition) is 1. The van der Waals surface area contributed by atoms with Crippen LogP contribution >= 0.6 is 0 Å². The molecule has 1 unspecified atom stereocenters. The van der Waals surface area contributed by atoms with Crippen LogP contribution in [0.5, 0.6) is 0 Å². The Hall–Kier alpha value is -0.0800. The maximum absolute atomic E-state index is 5.32. The van der Waals surface area contributed by atoms with Crippen LogP contribution in [0.3, 0.4) is 0 Å². The van der Waals surface area contributed by atoms with E-state index in [1.54, 1.807) is 0 Å². The van der Waals surface area contributed by atoms with Crippen molar-refractivity contribution in [2.24, 2.45) is 0 Å². The number of nitrogens with one attached hydrogen (secondary N) is 1. The van der Waals surface area contributed by atoms with E-state index in [2.05, 4.69) is 5.32 Å². The second kappa shape index (κ2) is 1.96.